The van der Waals surface area contributed by atoms with Gasteiger partial charge in [-0.3, -0.25) is 14.9 Å². The lowest BCUT2D eigenvalue weighted by Gasteiger charge is -2.15. The first-order chi connectivity index (χ1) is 14.0. The molecule has 0 aliphatic heterocycles. The Bertz CT molecular complexity index is 921. The van der Waals surface area contributed by atoms with E-state index in [9.17, 15) is 27.2 Å². The fraction of sp³-hybridized carbons (Fsp3) is 0.389. The zero-order valence-corrected chi connectivity index (χ0v) is 16.2. The monoisotopic (exact) mass is 429 g/mol. The number of alkyl halides is 3. The van der Waals surface area contributed by atoms with E-state index in [0.717, 1.165) is 12.3 Å². The Labute approximate surface area is 169 Å². The Balaban J connectivity index is 2.05. The maximum absolute atomic E-state index is 14.0. The maximum Gasteiger partial charge on any atom is 0.422 e. The number of pyridine rings is 1. The van der Waals surface area contributed by atoms with Gasteiger partial charge in [-0.05, 0) is 24.6 Å². The van der Waals surface area contributed by atoms with Crippen LogP contribution in [0.25, 0.3) is 0 Å². The number of hydrogen-bond donors (Lipinski definition) is 2. The summed E-state index contributed by atoms with van der Waals surface area (Å²) in [5, 5.41) is 5.01. The normalized spacial score (nSPS) is 12.4. The number of amides is 2. The molecule has 2 N–H and O–H groups in total. The molecule has 1 unspecified atom stereocenters. The molecule has 0 aromatic carbocycles. The van der Waals surface area contributed by atoms with E-state index in [1.165, 1.54) is 19.2 Å². The SMILES string of the molecule is CC(C)C(=O)Nc1nccc(C(=O)NC(C)c2cnc(OCC(F)(F)F)c(F)c2)n1. The van der Waals surface area contributed by atoms with Crippen LogP contribution >= 0.6 is 0 Å². The van der Waals surface area contributed by atoms with Crippen molar-refractivity contribution in [2.45, 2.75) is 33.0 Å². The van der Waals surface area contributed by atoms with Gasteiger partial charge in [0.1, 0.15) is 5.69 Å². The minimum absolute atomic E-state index is 0.0468. The van der Waals surface area contributed by atoms with E-state index in [-0.39, 0.29) is 29.0 Å². The molecule has 2 aromatic rings. The van der Waals surface area contributed by atoms with Crippen molar-refractivity contribution in [2.75, 3.05) is 11.9 Å². The Morgan fingerprint density at radius 2 is 1.90 bits per heavy atom. The molecular weight excluding hydrogens is 410 g/mol. The Kier molecular flexibility index (Phi) is 7.24. The fourth-order valence-electron chi connectivity index (χ4n) is 2.09. The van der Waals surface area contributed by atoms with Gasteiger partial charge in [0.15, 0.2) is 12.4 Å². The molecule has 0 aliphatic rings. The average molecular weight is 429 g/mol. The first kappa shape index (κ1) is 23.0. The summed E-state index contributed by atoms with van der Waals surface area (Å²) in [7, 11) is 0. The van der Waals surface area contributed by atoms with Gasteiger partial charge in [0.25, 0.3) is 11.8 Å². The largest absolute Gasteiger partial charge is 0.466 e. The highest BCUT2D eigenvalue weighted by Crippen LogP contribution is 2.22. The number of anilines is 1. The zero-order chi connectivity index (χ0) is 22.5. The van der Waals surface area contributed by atoms with Crippen LogP contribution in [0.3, 0.4) is 0 Å². The number of hydrogen-bond acceptors (Lipinski definition) is 6. The minimum atomic E-state index is -4.63. The van der Waals surface area contributed by atoms with Crippen LogP contribution in [0.15, 0.2) is 24.5 Å². The number of nitrogens with zero attached hydrogens (tertiary/aromatic N) is 3. The summed E-state index contributed by atoms with van der Waals surface area (Å²) in [5.74, 6) is -3.21. The molecule has 0 saturated carbocycles. The van der Waals surface area contributed by atoms with Crippen LogP contribution in [0.4, 0.5) is 23.5 Å². The van der Waals surface area contributed by atoms with Gasteiger partial charge < -0.3 is 10.1 Å². The van der Waals surface area contributed by atoms with E-state index in [0.29, 0.717) is 0 Å². The summed E-state index contributed by atoms with van der Waals surface area (Å²) in [6.45, 7) is 3.21. The van der Waals surface area contributed by atoms with E-state index < -0.39 is 36.4 Å². The van der Waals surface area contributed by atoms with Crippen LogP contribution in [0.5, 0.6) is 5.88 Å². The average Bonchev–Trinajstić information content (AvgIpc) is 2.66. The molecule has 2 amide bonds. The topological polar surface area (TPSA) is 106 Å². The first-order valence-electron chi connectivity index (χ1n) is 8.76. The van der Waals surface area contributed by atoms with Gasteiger partial charge in [0.2, 0.25) is 11.9 Å². The molecule has 8 nitrogen and oxygen atoms in total. The lowest BCUT2D eigenvalue weighted by molar-refractivity contribution is -0.154. The Hall–Kier alpha value is -3.31. The number of carbonyl (C=O) groups excluding carboxylic acids is 2. The third kappa shape index (κ3) is 6.64. The van der Waals surface area contributed by atoms with Crippen LogP contribution in [0, 0.1) is 11.7 Å². The Morgan fingerprint density at radius 1 is 1.20 bits per heavy atom. The molecular formula is C18H19F4N5O3. The second-order valence-corrected chi connectivity index (χ2v) is 6.56. The van der Waals surface area contributed by atoms with Gasteiger partial charge in [0, 0.05) is 18.3 Å². The molecule has 0 fully saturated rings. The standard InChI is InChI=1S/C18H19F4N5O3/c1-9(2)14(28)27-17-23-5-4-13(26-17)15(29)25-10(3)11-6-12(19)16(24-7-11)30-8-18(20,21)22/h4-7,9-10H,8H2,1-3H3,(H,25,29)(H,23,26,27,28). The van der Waals surface area contributed by atoms with E-state index in [1.807, 2.05) is 0 Å². The molecule has 0 spiro atoms. The lowest BCUT2D eigenvalue weighted by atomic mass is 10.1. The van der Waals surface area contributed by atoms with Crippen LogP contribution in [-0.2, 0) is 4.79 Å². The summed E-state index contributed by atoms with van der Waals surface area (Å²) in [4.78, 5) is 35.4. The number of ether oxygens (including phenoxy) is 1. The number of carbonyl (C=O) groups is 2. The second-order valence-electron chi connectivity index (χ2n) is 6.56. The predicted molar refractivity (Wildman–Crippen MR) is 97.1 cm³/mol. The zero-order valence-electron chi connectivity index (χ0n) is 16.2. The van der Waals surface area contributed by atoms with Crippen molar-refractivity contribution in [1.82, 2.24) is 20.3 Å². The molecule has 0 aliphatic carbocycles. The van der Waals surface area contributed by atoms with E-state index in [2.05, 4.69) is 30.3 Å². The highest BCUT2D eigenvalue weighted by atomic mass is 19.4. The van der Waals surface area contributed by atoms with Crippen molar-refractivity contribution in [2.24, 2.45) is 5.92 Å². The quantitative estimate of drug-likeness (QED) is 0.656. The molecule has 162 valence electrons. The summed E-state index contributed by atoms with van der Waals surface area (Å²) in [6, 6.07) is 1.48. The van der Waals surface area contributed by atoms with Gasteiger partial charge in [0.05, 0.1) is 6.04 Å². The summed E-state index contributed by atoms with van der Waals surface area (Å²) >= 11 is 0. The lowest BCUT2D eigenvalue weighted by Crippen LogP contribution is -2.28. The molecule has 0 saturated heterocycles. The highest BCUT2D eigenvalue weighted by Gasteiger charge is 2.29. The molecule has 2 heterocycles. The third-order valence-electron chi connectivity index (χ3n) is 3.70. The molecule has 1 atom stereocenters. The summed E-state index contributed by atoms with van der Waals surface area (Å²) in [5.41, 5.74) is 0.150. The van der Waals surface area contributed by atoms with Gasteiger partial charge in [-0.15, -0.1) is 0 Å². The van der Waals surface area contributed by atoms with Crippen LogP contribution < -0.4 is 15.4 Å². The molecule has 0 radical (unpaired) electrons. The highest BCUT2D eigenvalue weighted by molar-refractivity contribution is 5.94. The van der Waals surface area contributed by atoms with Crippen molar-refractivity contribution in [1.29, 1.82) is 0 Å². The van der Waals surface area contributed by atoms with Gasteiger partial charge in [-0.25, -0.2) is 19.3 Å². The van der Waals surface area contributed by atoms with Crippen LogP contribution in [0.1, 0.15) is 42.9 Å². The first-order valence-corrected chi connectivity index (χ1v) is 8.76. The number of rotatable bonds is 7. The van der Waals surface area contributed by atoms with E-state index in [1.54, 1.807) is 13.8 Å². The van der Waals surface area contributed by atoms with E-state index in [4.69, 9.17) is 0 Å². The smallest absolute Gasteiger partial charge is 0.422 e. The number of nitrogens with one attached hydrogen (secondary N) is 2. The van der Waals surface area contributed by atoms with Gasteiger partial charge >= 0.3 is 6.18 Å². The van der Waals surface area contributed by atoms with Crippen LogP contribution in [0.2, 0.25) is 0 Å². The molecule has 12 heteroatoms. The predicted octanol–water partition coefficient (Wildman–Crippen LogP) is 3.04. The van der Waals surface area contributed by atoms with Gasteiger partial charge in [-0.2, -0.15) is 13.2 Å². The minimum Gasteiger partial charge on any atom is -0.466 e. The molecule has 30 heavy (non-hydrogen) atoms. The van der Waals surface area contributed by atoms with Gasteiger partial charge in [-0.1, -0.05) is 13.8 Å². The van der Waals surface area contributed by atoms with E-state index >= 15 is 0 Å². The summed E-state index contributed by atoms with van der Waals surface area (Å²) in [6.07, 6.45) is -2.25. The second kappa shape index (κ2) is 9.46. The van der Waals surface area contributed by atoms with Crippen LogP contribution in [-0.4, -0.2) is 39.5 Å². The fourth-order valence-corrected chi connectivity index (χ4v) is 2.09. The molecule has 0 bridgehead atoms. The number of halogens is 4. The Morgan fingerprint density at radius 3 is 2.50 bits per heavy atom. The van der Waals surface area contributed by atoms with Crippen molar-refractivity contribution < 1.29 is 31.9 Å². The molecule has 2 aromatic heterocycles. The molecule has 2 rings (SSSR count). The maximum atomic E-state index is 14.0. The summed E-state index contributed by atoms with van der Waals surface area (Å²) < 4.78 is 54.8. The third-order valence-corrected chi connectivity index (χ3v) is 3.70. The van der Waals surface area contributed by atoms with Crippen molar-refractivity contribution >= 4 is 17.8 Å². The number of aromatic nitrogens is 3. The van der Waals surface area contributed by atoms with Crippen molar-refractivity contribution in [3.05, 3.63) is 41.6 Å². The van der Waals surface area contributed by atoms with Crippen molar-refractivity contribution in [3.8, 4) is 5.88 Å². The van der Waals surface area contributed by atoms with Crippen molar-refractivity contribution in [3.63, 3.8) is 0 Å².